The van der Waals surface area contributed by atoms with Crippen LogP contribution in [-0.4, -0.2) is 31.5 Å². The molecule has 0 N–H and O–H groups in total. The number of amides is 1. The topological polar surface area (TPSA) is 73.3 Å². The van der Waals surface area contributed by atoms with Crippen LogP contribution in [0.4, 0.5) is 13.2 Å². The van der Waals surface area contributed by atoms with E-state index in [-0.39, 0.29) is 17.2 Å². The number of alkyl halides is 3. The molecule has 0 aliphatic carbocycles. The Morgan fingerprint density at radius 1 is 1.00 bits per heavy atom. The average molecular weight is 482 g/mol. The second-order valence-corrected chi connectivity index (χ2v) is 8.43. The third-order valence-electron chi connectivity index (χ3n) is 6.19. The lowest BCUT2D eigenvalue weighted by atomic mass is 10.1. The van der Waals surface area contributed by atoms with E-state index in [1.54, 1.807) is 46.3 Å². The molecule has 0 radical (unpaired) electrons. The molecule has 10 heteroatoms. The molecule has 5 rings (SSSR count). The quantitative estimate of drug-likeness (QED) is 0.417. The van der Waals surface area contributed by atoms with Gasteiger partial charge in [0.1, 0.15) is 22.9 Å². The predicted molar refractivity (Wildman–Crippen MR) is 121 cm³/mol. The zero-order valence-corrected chi connectivity index (χ0v) is 18.9. The second-order valence-electron chi connectivity index (χ2n) is 8.43. The number of fused-ring (bicyclic) bond motifs is 1. The number of hydrogen-bond donors (Lipinski definition) is 0. The Morgan fingerprint density at radius 2 is 1.74 bits per heavy atom. The first-order valence-electron chi connectivity index (χ1n) is 11.0. The molecule has 180 valence electrons. The number of carbonyl (C=O) groups is 1. The molecule has 1 atom stereocenters. The number of pyridine rings is 1. The molecule has 0 saturated carbocycles. The van der Waals surface area contributed by atoms with Crippen molar-refractivity contribution in [1.29, 1.82) is 0 Å². The van der Waals surface area contributed by atoms with Crippen molar-refractivity contribution in [3.8, 4) is 17.0 Å². The molecular formula is C25H21F3N4O3. The van der Waals surface area contributed by atoms with Crippen LogP contribution in [-0.2, 0) is 12.7 Å². The summed E-state index contributed by atoms with van der Waals surface area (Å²) in [5.41, 5.74) is 0.959. The van der Waals surface area contributed by atoms with Crippen molar-refractivity contribution in [3.05, 3.63) is 94.1 Å². The molecule has 35 heavy (non-hydrogen) atoms. The number of nitrogens with zero attached hydrogens (tertiary/aromatic N) is 4. The first kappa shape index (κ1) is 22.7. The fraction of sp³-hybridized carbons (Fsp3) is 0.240. The summed E-state index contributed by atoms with van der Waals surface area (Å²) in [5.74, 6) is 0.596. The number of imidazole rings is 1. The lowest BCUT2D eigenvalue weighted by Crippen LogP contribution is -2.45. The van der Waals surface area contributed by atoms with E-state index >= 15 is 0 Å². The molecule has 7 nitrogen and oxygen atoms in total. The molecule has 4 heterocycles. The molecule has 4 aromatic rings. The SMILES string of the molecule is Cc1cn(-c2ccc3n(c2=O)CCN([C@H](C)c2ccc(-c4ccc(C(F)(F)F)cc4)o2)C3=O)cn1. The van der Waals surface area contributed by atoms with Crippen LogP contribution in [0.5, 0.6) is 0 Å². The molecule has 0 fully saturated rings. The molecule has 0 unspecified atom stereocenters. The van der Waals surface area contributed by atoms with Gasteiger partial charge in [-0.1, -0.05) is 12.1 Å². The van der Waals surface area contributed by atoms with Crippen LogP contribution in [0, 0.1) is 6.92 Å². The van der Waals surface area contributed by atoms with Crippen molar-refractivity contribution in [3.63, 3.8) is 0 Å². The molecule has 1 aliphatic heterocycles. The van der Waals surface area contributed by atoms with Crippen LogP contribution in [0.3, 0.4) is 0 Å². The Labute approximate surface area is 198 Å². The minimum atomic E-state index is -4.41. The van der Waals surface area contributed by atoms with Gasteiger partial charge in [-0.05, 0) is 50.2 Å². The van der Waals surface area contributed by atoms with Gasteiger partial charge in [-0.15, -0.1) is 0 Å². The number of aryl methyl sites for hydroxylation is 1. The van der Waals surface area contributed by atoms with Crippen LogP contribution >= 0.6 is 0 Å². The van der Waals surface area contributed by atoms with Crippen molar-refractivity contribution in [2.45, 2.75) is 32.6 Å². The van der Waals surface area contributed by atoms with Crippen LogP contribution < -0.4 is 5.56 Å². The van der Waals surface area contributed by atoms with Gasteiger partial charge >= 0.3 is 6.18 Å². The highest BCUT2D eigenvalue weighted by Crippen LogP contribution is 2.33. The van der Waals surface area contributed by atoms with E-state index in [9.17, 15) is 22.8 Å². The average Bonchev–Trinajstić information content (AvgIpc) is 3.49. The number of aromatic nitrogens is 3. The summed E-state index contributed by atoms with van der Waals surface area (Å²) >= 11 is 0. The van der Waals surface area contributed by atoms with Crippen LogP contribution in [0.15, 0.2) is 70.3 Å². The van der Waals surface area contributed by atoms with Gasteiger partial charge in [-0.3, -0.25) is 9.59 Å². The van der Waals surface area contributed by atoms with Gasteiger partial charge in [0.05, 0.1) is 23.6 Å². The largest absolute Gasteiger partial charge is 0.459 e. The summed E-state index contributed by atoms with van der Waals surface area (Å²) < 4.78 is 47.5. The van der Waals surface area contributed by atoms with Gasteiger partial charge in [0.2, 0.25) is 0 Å². The third-order valence-corrected chi connectivity index (χ3v) is 6.19. The Morgan fingerprint density at radius 3 is 2.40 bits per heavy atom. The van der Waals surface area contributed by atoms with Crippen molar-refractivity contribution >= 4 is 5.91 Å². The van der Waals surface area contributed by atoms with Gasteiger partial charge in [0, 0.05) is 24.8 Å². The van der Waals surface area contributed by atoms with Crippen LogP contribution in [0.1, 0.15) is 40.5 Å². The van der Waals surface area contributed by atoms with Crippen LogP contribution in [0.2, 0.25) is 0 Å². The Hall–Kier alpha value is -4.08. The summed E-state index contributed by atoms with van der Waals surface area (Å²) in [4.78, 5) is 32.0. The number of benzene rings is 1. The summed E-state index contributed by atoms with van der Waals surface area (Å²) in [5, 5.41) is 0. The van der Waals surface area contributed by atoms with E-state index in [0.29, 0.717) is 35.9 Å². The Balaban J connectivity index is 1.38. The first-order chi connectivity index (χ1) is 16.6. The van der Waals surface area contributed by atoms with E-state index in [2.05, 4.69) is 4.98 Å². The third kappa shape index (κ3) is 4.05. The monoisotopic (exact) mass is 482 g/mol. The number of carbonyl (C=O) groups excluding carboxylic acids is 1. The second kappa shape index (κ2) is 8.30. The van der Waals surface area contributed by atoms with E-state index < -0.39 is 17.8 Å². The fourth-order valence-corrected chi connectivity index (χ4v) is 4.26. The number of furan rings is 1. The highest BCUT2D eigenvalue weighted by atomic mass is 19.4. The van der Waals surface area contributed by atoms with Crippen molar-refractivity contribution < 1.29 is 22.4 Å². The smallest absolute Gasteiger partial charge is 0.416 e. The highest BCUT2D eigenvalue weighted by Gasteiger charge is 2.32. The lowest BCUT2D eigenvalue weighted by Gasteiger charge is -2.33. The van der Waals surface area contributed by atoms with Gasteiger partial charge in [-0.2, -0.15) is 13.2 Å². The van der Waals surface area contributed by atoms with E-state index in [0.717, 1.165) is 17.8 Å². The van der Waals surface area contributed by atoms with E-state index in [4.69, 9.17) is 4.42 Å². The molecular weight excluding hydrogens is 461 g/mol. The van der Waals surface area contributed by atoms with E-state index in [1.807, 2.05) is 13.8 Å². The molecule has 1 amide bonds. The predicted octanol–water partition coefficient (Wildman–Crippen LogP) is 4.84. The first-order valence-corrected chi connectivity index (χ1v) is 11.0. The zero-order valence-electron chi connectivity index (χ0n) is 18.9. The molecule has 0 saturated heterocycles. The zero-order chi connectivity index (χ0) is 24.9. The minimum Gasteiger partial charge on any atom is -0.459 e. The number of halogens is 3. The summed E-state index contributed by atoms with van der Waals surface area (Å²) in [6.07, 6.45) is -1.11. The molecule has 3 aromatic heterocycles. The van der Waals surface area contributed by atoms with E-state index in [1.165, 1.54) is 16.7 Å². The minimum absolute atomic E-state index is 0.275. The number of hydrogen-bond acceptors (Lipinski definition) is 4. The fourth-order valence-electron chi connectivity index (χ4n) is 4.26. The van der Waals surface area contributed by atoms with Crippen molar-refractivity contribution in [2.75, 3.05) is 6.54 Å². The van der Waals surface area contributed by atoms with Crippen molar-refractivity contribution in [2.24, 2.45) is 0 Å². The normalized spacial score (nSPS) is 14.8. The molecule has 0 spiro atoms. The summed E-state index contributed by atoms with van der Waals surface area (Å²) in [6.45, 7) is 4.25. The van der Waals surface area contributed by atoms with Gasteiger partial charge in [0.25, 0.3) is 11.5 Å². The molecule has 0 bridgehead atoms. The molecule has 1 aromatic carbocycles. The maximum atomic E-state index is 13.2. The summed E-state index contributed by atoms with van der Waals surface area (Å²) in [6, 6.07) is 10.9. The lowest BCUT2D eigenvalue weighted by molar-refractivity contribution is -0.137. The van der Waals surface area contributed by atoms with Crippen LogP contribution in [0.25, 0.3) is 17.0 Å². The van der Waals surface area contributed by atoms with Crippen molar-refractivity contribution in [1.82, 2.24) is 19.0 Å². The maximum absolute atomic E-state index is 13.2. The van der Waals surface area contributed by atoms with Gasteiger partial charge in [-0.25, -0.2) is 4.98 Å². The maximum Gasteiger partial charge on any atom is 0.416 e. The van der Waals surface area contributed by atoms with Gasteiger partial charge in [0.15, 0.2) is 0 Å². The molecule has 1 aliphatic rings. The Kier molecular flexibility index (Phi) is 5.38. The summed E-state index contributed by atoms with van der Waals surface area (Å²) in [7, 11) is 0. The van der Waals surface area contributed by atoms with Gasteiger partial charge < -0.3 is 18.5 Å². The Bertz CT molecular complexity index is 1460. The number of rotatable bonds is 4. The standard InChI is InChI=1S/C25H21F3N4O3/c1-15-13-30(14-29-15)19-7-8-20-24(34)31(11-12-32(20)23(19)33)16(2)21-9-10-22(35-21)17-3-5-18(6-4-17)25(26,27)28/h3-10,13-14,16H,11-12H2,1-2H3/t16-/m1/s1. The highest BCUT2D eigenvalue weighted by molar-refractivity contribution is 5.93.